The maximum Gasteiger partial charge on any atom is 0.269 e. The molecule has 0 saturated heterocycles. The molecule has 0 spiro atoms. The molecule has 0 saturated carbocycles. The van der Waals surface area contributed by atoms with Crippen LogP contribution in [0.15, 0.2) is 36.4 Å². The topological polar surface area (TPSA) is 61.6 Å². The zero-order valence-electron chi connectivity index (χ0n) is 10.8. The fourth-order valence-corrected chi connectivity index (χ4v) is 3.12. The summed E-state index contributed by atoms with van der Waals surface area (Å²) in [5, 5.41) is 11.5. The Morgan fingerprint density at radius 3 is 2.76 bits per heavy atom. The zero-order valence-corrected chi connectivity index (χ0v) is 11.5. The van der Waals surface area contributed by atoms with Gasteiger partial charge in [-0.1, -0.05) is 11.6 Å². The highest BCUT2D eigenvalue weighted by Gasteiger charge is 2.41. The second-order valence-electron chi connectivity index (χ2n) is 5.12. The van der Waals surface area contributed by atoms with E-state index in [9.17, 15) is 10.1 Å². The van der Waals surface area contributed by atoms with Crippen LogP contribution in [0.1, 0.15) is 23.1 Å². The van der Waals surface area contributed by atoms with Crippen molar-refractivity contribution in [2.45, 2.75) is 12.0 Å². The van der Waals surface area contributed by atoms with Crippen molar-refractivity contribution in [1.29, 1.82) is 0 Å². The number of nitro groups is 1. The monoisotopic (exact) mass is 303 g/mol. The number of hydrogen-bond acceptors (Lipinski definition) is 4. The van der Waals surface area contributed by atoms with Crippen molar-refractivity contribution >= 4 is 17.3 Å². The van der Waals surface area contributed by atoms with Gasteiger partial charge in [-0.2, -0.15) is 0 Å². The number of fused-ring (bicyclic) bond motifs is 5. The van der Waals surface area contributed by atoms with Crippen molar-refractivity contribution in [3.63, 3.8) is 0 Å². The number of rotatable bonds is 1. The minimum atomic E-state index is -0.401. The van der Waals surface area contributed by atoms with Gasteiger partial charge in [0.1, 0.15) is 17.6 Å². The van der Waals surface area contributed by atoms with Crippen LogP contribution in [0, 0.1) is 10.1 Å². The first-order valence-electron chi connectivity index (χ1n) is 6.51. The van der Waals surface area contributed by atoms with E-state index in [1.165, 1.54) is 6.07 Å². The van der Waals surface area contributed by atoms with Gasteiger partial charge in [-0.25, -0.2) is 0 Å². The second-order valence-corrected chi connectivity index (χ2v) is 5.55. The molecule has 2 aliphatic rings. The SMILES string of the molecule is O=[N+]([O-])c1ccc2c(c1)[C@H]1COc3ccc(Cl)cc3[C@H]1O2. The van der Waals surface area contributed by atoms with Gasteiger partial charge in [-0.15, -0.1) is 0 Å². The number of nitro benzene ring substituents is 1. The number of halogens is 1. The van der Waals surface area contributed by atoms with Crippen LogP contribution in [0.3, 0.4) is 0 Å². The van der Waals surface area contributed by atoms with E-state index >= 15 is 0 Å². The lowest BCUT2D eigenvalue weighted by molar-refractivity contribution is -0.384. The first kappa shape index (κ1) is 12.5. The molecule has 2 aromatic rings. The van der Waals surface area contributed by atoms with Gasteiger partial charge in [0.25, 0.3) is 5.69 Å². The Labute approximate surface area is 125 Å². The molecule has 0 aromatic heterocycles. The summed E-state index contributed by atoms with van der Waals surface area (Å²) in [5.41, 5.74) is 1.77. The number of hydrogen-bond donors (Lipinski definition) is 0. The van der Waals surface area contributed by atoms with Crippen molar-refractivity contribution in [2.75, 3.05) is 6.61 Å². The van der Waals surface area contributed by atoms with Gasteiger partial charge in [0.2, 0.25) is 0 Å². The van der Waals surface area contributed by atoms with E-state index in [0.717, 1.165) is 16.9 Å². The van der Waals surface area contributed by atoms with Gasteiger partial charge in [-0.3, -0.25) is 10.1 Å². The van der Waals surface area contributed by atoms with Crippen molar-refractivity contribution in [3.05, 3.63) is 62.7 Å². The molecule has 2 aromatic carbocycles. The van der Waals surface area contributed by atoms with Crippen LogP contribution in [-0.2, 0) is 0 Å². The Morgan fingerprint density at radius 2 is 1.95 bits per heavy atom. The summed E-state index contributed by atoms with van der Waals surface area (Å²) >= 11 is 6.04. The van der Waals surface area contributed by atoms with E-state index in [1.54, 1.807) is 18.2 Å². The third kappa shape index (κ3) is 1.85. The average Bonchev–Trinajstić information content (AvgIpc) is 2.85. The Kier molecular flexibility index (Phi) is 2.59. The highest BCUT2D eigenvalue weighted by molar-refractivity contribution is 6.30. The van der Waals surface area contributed by atoms with E-state index < -0.39 is 4.92 Å². The first-order chi connectivity index (χ1) is 10.1. The lowest BCUT2D eigenvalue weighted by atomic mass is 9.89. The van der Waals surface area contributed by atoms with Crippen molar-refractivity contribution < 1.29 is 14.4 Å². The zero-order chi connectivity index (χ0) is 14.6. The van der Waals surface area contributed by atoms with Gasteiger partial charge in [-0.05, 0) is 24.3 Å². The molecule has 0 fully saturated rings. The Balaban J connectivity index is 1.80. The highest BCUT2D eigenvalue weighted by atomic mass is 35.5. The molecular formula is C15H10ClNO4. The highest BCUT2D eigenvalue weighted by Crippen LogP contribution is 2.51. The van der Waals surface area contributed by atoms with E-state index in [0.29, 0.717) is 17.4 Å². The molecule has 0 bridgehead atoms. The summed E-state index contributed by atoms with van der Waals surface area (Å²) in [6.45, 7) is 0.438. The first-order valence-corrected chi connectivity index (χ1v) is 6.88. The van der Waals surface area contributed by atoms with Gasteiger partial charge >= 0.3 is 0 Å². The molecule has 2 aliphatic heterocycles. The molecule has 4 rings (SSSR count). The van der Waals surface area contributed by atoms with Crippen LogP contribution >= 0.6 is 11.6 Å². The fourth-order valence-electron chi connectivity index (χ4n) is 2.94. The van der Waals surface area contributed by atoms with E-state index in [1.807, 2.05) is 12.1 Å². The number of nitrogens with zero attached hydrogens (tertiary/aromatic N) is 1. The number of non-ortho nitro benzene ring substituents is 1. The van der Waals surface area contributed by atoms with E-state index in [2.05, 4.69) is 0 Å². The van der Waals surface area contributed by atoms with Gasteiger partial charge in [0, 0.05) is 28.3 Å². The summed E-state index contributed by atoms with van der Waals surface area (Å²) in [7, 11) is 0. The number of ether oxygens (including phenoxy) is 2. The molecule has 0 unspecified atom stereocenters. The molecule has 0 amide bonds. The Morgan fingerprint density at radius 1 is 1.14 bits per heavy atom. The minimum Gasteiger partial charge on any atom is -0.492 e. The fraction of sp³-hybridized carbons (Fsp3) is 0.200. The molecule has 0 radical (unpaired) electrons. The minimum absolute atomic E-state index is 0.0501. The molecule has 106 valence electrons. The van der Waals surface area contributed by atoms with Crippen LogP contribution in [0.25, 0.3) is 0 Å². The quantitative estimate of drug-likeness (QED) is 0.593. The van der Waals surface area contributed by atoms with Crippen LogP contribution < -0.4 is 9.47 Å². The van der Waals surface area contributed by atoms with Gasteiger partial charge in [0.05, 0.1) is 17.4 Å². The predicted molar refractivity (Wildman–Crippen MR) is 76.2 cm³/mol. The Hall–Kier alpha value is -2.27. The lowest BCUT2D eigenvalue weighted by Crippen LogP contribution is -2.23. The van der Waals surface area contributed by atoms with E-state index in [4.69, 9.17) is 21.1 Å². The van der Waals surface area contributed by atoms with Crippen molar-refractivity contribution in [3.8, 4) is 11.5 Å². The van der Waals surface area contributed by atoms with E-state index in [-0.39, 0.29) is 17.7 Å². The third-order valence-electron chi connectivity index (χ3n) is 3.92. The lowest BCUT2D eigenvalue weighted by Gasteiger charge is -2.27. The third-order valence-corrected chi connectivity index (χ3v) is 4.15. The maximum absolute atomic E-state index is 10.9. The summed E-state index contributed by atoms with van der Waals surface area (Å²) in [6, 6.07) is 10.1. The molecule has 6 heteroatoms. The molecule has 0 aliphatic carbocycles. The summed E-state index contributed by atoms with van der Waals surface area (Å²) in [4.78, 5) is 10.5. The van der Waals surface area contributed by atoms with Crippen LogP contribution in [0.2, 0.25) is 5.02 Å². The molecule has 0 N–H and O–H groups in total. The maximum atomic E-state index is 10.9. The molecule has 2 heterocycles. The standard InChI is InChI=1S/C15H10ClNO4/c16-8-1-3-13-11(5-8)15-12(7-20-13)10-6-9(17(18)19)2-4-14(10)21-15/h1-6,12,15H,7H2/t12-,15-/m1/s1. The molecule has 5 nitrogen and oxygen atoms in total. The largest absolute Gasteiger partial charge is 0.492 e. The predicted octanol–water partition coefficient (Wildman–Crippen LogP) is 3.86. The summed E-state index contributed by atoms with van der Waals surface area (Å²) < 4.78 is 11.7. The second kappa shape index (κ2) is 4.36. The van der Waals surface area contributed by atoms with Crippen molar-refractivity contribution in [1.82, 2.24) is 0 Å². The smallest absolute Gasteiger partial charge is 0.269 e. The van der Waals surface area contributed by atoms with Crippen LogP contribution in [0.5, 0.6) is 11.5 Å². The molecule has 2 atom stereocenters. The molecule has 21 heavy (non-hydrogen) atoms. The summed E-state index contributed by atoms with van der Waals surface area (Å²) in [6.07, 6.45) is -0.204. The van der Waals surface area contributed by atoms with Crippen LogP contribution in [0.4, 0.5) is 5.69 Å². The average molecular weight is 304 g/mol. The van der Waals surface area contributed by atoms with Crippen molar-refractivity contribution in [2.24, 2.45) is 0 Å². The van der Waals surface area contributed by atoms with Gasteiger partial charge < -0.3 is 9.47 Å². The Bertz CT molecular complexity index is 761. The van der Waals surface area contributed by atoms with Gasteiger partial charge in [0.15, 0.2) is 0 Å². The molecular weight excluding hydrogens is 294 g/mol. The van der Waals surface area contributed by atoms with Crippen LogP contribution in [-0.4, -0.2) is 11.5 Å². The summed E-state index contributed by atoms with van der Waals surface area (Å²) in [5.74, 6) is 1.38. The number of benzene rings is 2. The normalized spacial score (nSPS) is 21.6.